The zero-order chi connectivity index (χ0) is 32.3. The van der Waals surface area contributed by atoms with Crippen LogP contribution in [0.25, 0.3) is 5.57 Å². The lowest BCUT2D eigenvalue weighted by Gasteiger charge is -2.36. The first-order chi connectivity index (χ1) is 21.8. The van der Waals surface area contributed by atoms with E-state index in [1.165, 1.54) is 6.20 Å². The lowest BCUT2D eigenvalue weighted by molar-refractivity contribution is -0.128. The van der Waals surface area contributed by atoms with E-state index in [1.54, 1.807) is 32.5 Å². The molecule has 0 saturated heterocycles. The van der Waals surface area contributed by atoms with Gasteiger partial charge in [0.25, 0.3) is 0 Å². The molecular formula is C38H43NO6. The van der Waals surface area contributed by atoms with Crippen LogP contribution < -0.4 is 9.47 Å². The van der Waals surface area contributed by atoms with Gasteiger partial charge in [0.05, 0.1) is 14.2 Å². The maximum atomic E-state index is 13.1. The number of aryl methyl sites for hydroxylation is 1. The molecule has 3 atom stereocenters. The van der Waals surface area contributed by atoms with Gasteiger partial charge in [-0.1, -0.05) is 31.7 Å². The molecule has 0 aliphatic heterocycles. The van der Waals surface area contributed by atoms with Crippen molar-refractivity contribution in [2.45, 2.75) is 64.7 Å². The molecule has 236 valence electrons. The molecule has 2 unspecified atom stereocenters. The second-order valence-electron chi connectivity index (χ2n) is 12.1. The van der Waals surface area contributed by atoms with Crippen LogP contribution in [-0.2, 0) is 17.6 Å². The molecule has 0 radical (unpaired) electrons. The Balaban J connectivity index is 1.29. The number of hydrogen-bond donors (Lipinski definition) is 0. The third-order valence-electron chi connectivity index (χ3n) is 9.36. The van der Waals surface area contributed by atoms with Gasteiger partial charge < -0.3 is 9.47 Å². The maximum Gasteiger partial charge on any atom is 0.152 e. The summed E-state index contributed by atoms with van der Waals surface area (Å²) < 4.78 is 11.5. The van der Waals surface area contributed by atoms with Crippen LogP contribution in [-0.4, -0.2) is 43.8 Å². The molecular weight excluding hydrogens is 566 g/mol. The second-order valence-corrected chi connectivity index (χ2v) is 12.1. The number of hydrogen-bond acceptors (Lipinski definition) is 7. The Morgan fingerprint density at radius 1 is 0.978 bits per heavy atom. The Kier molecular flexibility index (Phi) is 12.0. The highest BCUT2D eigenvalue weighted by Crippen LogP contribution is 2.41. The van der Waals surface area contributed by atoms with E-state index in [1.807, 2.05) is 24.3 Å². The van der Waals surface area contributed by atoms with E-state index in [4.69, 9.17) is 9.47 Å². The molecule has 1 heterocycles. The van der Waals surface area contributed by atoms with Crippen LogP contribution in [0.3, 0.4) is 0 Å². The average molecular weight is 610 g/mol. The predicted molar refractivity (Wildman–Crippen MR) is 175 cm³/mol. The van der Waals surface area contributed by atoms with Crippen molar-refractivity contribution in [1.29, 1.82) is 0 Å². The molecule has 4 rings (SSSR count). The maximum absolute atomic E-state index is 13.1. The Hall–Kier alpha value is -4.39. The summed E-state index contributed by atoms with van der Waals surface area (Å²) in [5.74, 6) is 2.65. The van der Waals surface area contributed by atoms with Gasteiger partial charge in [0.2, 0.25) is 0 Å². The number of ketones is 1. The number of pyridine rings is 1. The molecule has 0 spiro atoms. The van der Waals surface area contributed by atoms with E-state index in [0.29, 0.717) is 69.8 Å². The first-order valence-electron chi connectivity index (χ1n) is 15.7. The smallest absolute Gasteiger partial charge is 0.152 e. The summed E-state index contributed by atoms with van der Waals surface area (Å²) in [4.78, 5) is 51.5. The normalized spacial score (nSPS) is 16.2. The van der Waals surface area contributed by atoms with Crippen molar-refractivity contribution in [3.05, 3.63) is 94.3 Å². The molecule has 1 aromatic heterocycles. The fraction of sp³-hybridized carbons (Fsp3) is 0.395. The van der Waals surface area contributed by atoms with Crippen molar-refractivity contribution >= 4 is 30.2 Å². The minimum Gasteiger partial charge on any atom is -0.496 e. The van der Waals surface area contributed by atoms with Gasteiger partial charge in [0, 0.05) is 47.0 Å². The van der Waals surface area contributed by atoms with Crippen LogP contribution in [0.15, 0.2) is 55.4 Å². The second kappa shape index (κ2) is 16.1. The highest BCUT2D eigenvalue weighted by molar-refractivity contribution is 5.92. The van der Waals surface area contributed by atoms with E-state index in [2.05, 4.69) is 18.5 Å². The summed E-state index contributed by atoms with van der Waals surface area (Å²) in [6.07, 6.45) is 13.1. The van der Waals surface area contributed by atoms with Crippen molar-refractivity contribution in [2.24, 2.45) is 17.8 Å². The zero-order valence-corrected chi connectivity index (χ0v) is 26.6. The van der Waals surface area contributed by atoms with Crippen LogP contribution >= 0.6 is 0 Å². The number of carbonyl (C=O) groups is 4. The Bertz CT molecular complexity index is 1520. The number of carbonyl (C=O) groups excluding carboxylic acids is 4. The Labute approximate surface area is 266 Å². The van der Waals surface area contributed by atoms with E-state index < -0.39 is 0 Å². The molecule has 3 aromatic rings. The Morgan fingerprint density at radius 2 is 1.71 bits per heavy atom. The quantitative estimate of drug-likeness (QED) is 0.137. The van der Waals surface area contributed by atoms with Gasteiger partial charge in [-0.2, -0.15) is 0 Å². The summed E-state index contributed by atoms with van der Waals surface area (Å²) in [6, 6.07) is 11.0. The van der Waals surface area contributed by atoms with Crippen molar-refractivity contribution < 1.29 is 28.7 Å². The molecule has 45 heavy (non-hydrogen) atoms. The minimum atomic E-state index is 0.130. The highest BCUT2D eigenvalue weighted by Gasteiger charge is 2.35. The molecule has 0 amide bonds. The highest BCUT2D eigenvalue weighted by atomic mass is 16.5. The monoisotopic (exact) mass is 609 g/mol. The summed E-state index contributed by atoms with van der Waals surface area (Å²) in [5, 5.41) is 0. The standard InChI is InChI=1S/C38H43NO6/c1-25(11-13-28-7-5-9-29(22-40)35(28)24-42)12-16-36(43)33-15-14-27(33)8-6-10-34-37(44-3)19-30(20-38(34)45-4)26(2)32-17-18-39-21-31(32)23-41/h5,7,9,17-25,27,33H,2,6,8,10-16H2,1,3-4H3/t25?,27?,33-/m1/s1. The molecule has 1 aliphatic carbocycles. The van der Waals surface area contributed by atoms with Gasteiger partial charge in [-0.05, 0) is 104 Å². The first kappa shape index (κ1) is 33.5. The number of nitrogens with zero attached hydrogens (tertiary/aromatic N) is 1. The number of aldehydes is 3. The van der Waals surface area contributed by atoms with E-state index in [9.17, 15) is 19.2 Å². The molecule has 0 bridgehead atoms. The van der Waals surface area contributed by atoms with Crippen molar-refractivity contribution in [2.75, 3.05) is 14.2 Å². The third kappa shape index (κ3) is 8.01. The molecule has 7 heteroatoms. The predicted octanol–water partition coefficient (Wildman–Crippen LogP) is 7.56. The topological polar surface area (TPSA) is 99.6 Å². The van der Waals surface area contributed by atoms with Crippen LogP contribution in [0.2, 0.25) is 0 Å². The van der Waals surface area contributed by atoms with E-state index in [-0.39, 0.29) is 5.92 Å². The fourth-order valence-electron chi connectivity index (χ4n) is 6.43. The van der Waals surface area contributed by atoms with Crippen molar-refractivity contribution in [3.63, 3.8) is 0 Å². The largest absolute Gasteiger partial charge is 0.496 e. The van der Waals surface area contributed by atoms with Crippen LogP contribution in [0.1, 0.15) is 105 Å². The first-order valence-corrected chi connectivity index (χ1v) is 15.7. The van der Waals surface area contributed by atoms with Gasteiger partial charge in [0.15, 0.2) is 18.9 Å². The zero-order valence-electron chi connectivity index (χ0n) is 26.6. The number of aromatic nitrogens is 1. The fourth-order valence-corrected chi connectivity index (χ4v) is 6.43. The molecule has 2 aromatic carbocycles. The molecule has 1 aliphatic rings. The van der Waals surface area contributed by atoms with Gasteiger partial charge in [0.1, 0.15) is 17.3 Å². The molecule has 7 nitrogen and oxygen atoms in total. The average Bonchev–Trinajstić information content (AvgIpc) is 3.06. The number of Topliss-reactive ketones (excluding diaryl/α,β-unsaturated/α-hetero) is 1. The van der Waals surface area contributed by atoms with Crippen molar-refractivity contribution in [1.82, 2.24) is 4.98 Å². The number of rotatable bonds is 18. The van der Waals surface area contributed by atoms with E-state index >= 15 is 0 Å². The number of methoxy groups -OCH3 is 2. The van der Waals surface area contributed by atoms with Crippen LogP contribution in [0.4, 0.5) is 0 Å². The SMILES string of the molecule is C=C(c1cc(OC)c(CCCC2CC[C@H]2C(=O)CCC(C)CCc2cccc(C=O)c2C=O)c(OC)c1)c1ccncc1C=O. The lowest BCUT2D eigenvalue weighted by Crippen LogP contribution is -2.33. The van der Waals surface area contributed by atoms with Crippen molar-refractivity contribution in [3.8, 4) is 11.5 Å². The molecule has 1 saturated carbocycles. The van der Waals surface area contributed by atoms with Gasteiger partial charge >= 0.3 is 0 Å². The van der Waals surface area contributed by atoms with Gasteiger partial charge in [-0.3, -0.25) is 24.2 Å². The minimum absolute atomic E-state index is 0.130. The number of ether oxygens (including phenoxy) is 2. The van der Waals surface area contributed by atoms with Crippen LogP contribution in [0, 0.1) is 17.8 Å². The van der Waals surface area contributed by atoms with Gasteiger partial charge in [-0.15, -0.1) is 0 Å². The Morgan fingerprint density at radius 3 is 2.33 bits per heavy atom. The van der Waals surface area contributed by atoms with Gasteiger partial charge in [-0.25, -0.2) is 0 Å². The molecule has 0 N–H and O–H groups in total. The number of benzene rings is 2. The summed E-state index contributed by atoms with van der Waals surface area (Å²) in [7, 11) is 3.28. The summed E-state index contributed by atoms with van der Waals surface area (Å²) in [6.45, 7) is 6.37. The lowest BCUT2D eigenvalue weighted by atomic mass is 9.68. The third-order valence-corrected chi connectivity index (χ3v) is 9.36. The summed E-state index contributed by atoms with van der Waals surface area (Å²) in [5.41, 5.74) is 5.44. The molecule has 1 fully saturated rings. The van der Waals surface area contributed by atoms with E-state index in [0.717, 1.165) is 80.5 Å². The summed E-state index contributed by atoms with van der Waals surface area (Å²) >= 11 is 0. The van der Waals surface area contributed by atoms with Crippen LogP contribution in [0.5, 0.6) is 11.5 Å².